The van der Waals surface area contributed by atoms with Crippen molar-refractivity contribution in [3.8, 4) is 18.1 Å². The van der Waals surface area contributed by atoms with E-state index in [2.05, 4.69) is 15.6 Å². The van der Waals surface area contributed by atoms with Crippen molar-refractivity contribution in [3.05, 3.63) is 30.2 Å². The summed E-state index contributed by atoms with van der Waals surface area (Å²) in [6, 6.07) is 1.46. The van der Waals surface area contributed by atoms with Crippen molar-refractivity contribution in [2.45, 2.75) is 123 Å². The second kappa shape index (κ2) is 26.8. The van der Waals surface area contributed by atoms with Crippen LogP contribution in [0.15, 0.2) is 24.7 Å². The van der Waals surface area contributed by atoms with Gasteiger partial charge in [0.15, 0.2) is 12.1 Å². The van der Waals surface area contributed by atoms with Gasteiger partial charge in [0, 0.05) is 69.7 Å². The van der Waals surface area contributed by atoms with E-state index in [-0.39, 0.29) is 31.0 Å². The Morgan fingerprint density at radius 3 is 2.25 bits per heavy atom. The lowest BCUT2D eigenvalue weighted by Crippen LogP contribution is -2.56. The minimum absolute atomic E-state index is 0.109. The molecule has 1 aromatic rings. The molecule has 1 aromatic heterocycles. The van der Waals surface area contributed by atoms with Gasteiger partial charge in [-0.3, -0.25) is 19.4 Å². The molecule has 3 heterocycles. The smallest absolute Gasteiger partial charge is 0.407 e. The fraction of sp³-hybridized carbons (Fsp3) is 0.717. The molecule has 13 atom stereocenters. The minimum Gasteiger partial charge on any atom is -0.496 e. The molecule has 356 valence electrons. The number of carbonyl (C=O) groups excluding carboxylic acids is 3. The van der Waals surface area contributed by atoms with Gasteiger partial charge in [-0.15, -0.1) is 6.42 Å². The molecular weight excluding hydrogens is 830 g/mol. The molecule has 2 aliphatic rings. The third kappa shape index (κ3) is 15.4. The number of carboxylic acid groups (broad SMARTS) is 1. The molecule has 0 unspecified atom stereocenters. The predicted molar refractivity (Wildman–Crippen MR) is 245 cm³/mol. The molecule has 0 aromatic carbocycles. The monoisotopic (exact) mass is 906 g/mol. The molecule has 1 amide bonds. The van der Waals surface area contributed by atoms with Gasteiger partial charge in [0.05, 0.1) is 42.9 Å². The van der Waals surface area contributed by atoms with E-state index in [4.69, 9.17) is 31.1 Å². The van der Waals surface area contributed by atoms with E-state index in [0.29, 0.717) is 55.7 Å². The molecule has 3 rings (SSSR count). The van der Waals surface area contributed by atoms with Crippen LogP contribution in [0.25, 0.3) is 5.70 Å². The maximum absolute atomic E-state index is 14.5. The van der Waals surface area contributed by atoms with Crippen LogP contribution in [0, 0.1) is 41.9 Å². The summed E-state index contributed by atoms with van der Waals surface area (Å²) in [5.41, 5.74) is 7.43. The van der Waals surface area contributed by atoms with Gasteiger partial charge in [0.1, 0.15) is 29.4 Å². The Morgan fingerprint density at radius 2 is 1.68 bits per heavy atom. The standard InChI is InChI=1S/C44H70N5O10P.C2H6O/c1-13-19-48(25-33(45)32-24-46-18-17-35(32)56-11)20-15-16-21-49(44(54)55)41-30(7)37(50)26(3)22-27(4)40(59-43-39(52)34(47(9)10)23-28(5)57-43)29(6)38(51)31(8)42(53)58-36(14-2)60(41)12;1-3-2/h1,17-18,24-31,34,36,39-41,43,52H,14-16,19-23,45H2,2-12H3,(H,54,55);1-2H3/b33-25-;/t26-,27+,28-,29+,30+,31-,34+,36+,39-,40+,41+,43+,60-;/m1./s1. The fourth-order valence-corrected chi connectivity index (χ4v) is 11.3. The molecule has 0 bridgehead atoms. The molecule has 0 aliphatic carbocycles. The number of amides is 1. The first kappa shape index (κ1) is 55.3. The maximum Gasteiger partial charge on any atom is 0.407 e. The number of aromatic nitrogens is 1. The first-order valence-electron chi connectivity index (χ1n) is 21.9. The third-order valence-electron chi connectivity index (χ3n) is 12.0. The number of hydrogen-bond acceptors (Lipinski definition) is 14. The highest BCUT2D eigenvalue weighted by molar-refractivity contribution is 7.58. The number of ether oxygens (including phenoxy) is 5. The number of unbranched alkanes of at least 4 members (excludes halogenated alkanes) is 1. The van der Waals surface area contributed by atoms with Crippen molar-refractivity contribution in [3.63, 3.8) is 0 Å². The molecule has 2 aliphatic heterocycles. The van der Waals surface area contributed by atoms with Crippen LogP contribution in [0.4, 0.5) is 4.79 Å². The number of cyclic esters (lactones) is 1. The Morgan fingerprint density at radius 1 is 1.05 bits per heavy atom. The van der Waals surface area contributed by atoms with Gasteiger partial charge >= 0.3 is 12.1 Å². The van der Waals surface area contributed by atoms with Crippen LogP contribution < -0.4 is 10.5 Å². The van der Waals surface area contributed by atoms with Crippen molar-refractivity contribution < 1.29 is 53.1 Å². The number of ketones is 2. The van der Waals surface area contributed by atoms with Gasteiger partial charge in [-0.05, 0) is 86.6 Å². The number of pyridine rings is 1. The number of esters is 1. The Kier molecular flexibility index (Phi) is 23.5. The molecule has 4 N–H and O–H groups in total. The molecule has 2 fully saturated rings. The summed E-state index contributed by atoms with van der Waals surface area (Å²) in [6.45, 7) is 15.1. The Balaban J connectivity index is 0.00000442. The number of methoxy groups -OCH3 is 2. The summed E-state index contributed by atoms with van der Waals surface area (Å²) < 4.78 is 28.4. The van der Waals surface area contributed by atoms with Crippen molar-refractivity contribution in [2.24, 2.45) is 35.3 Å². The minimum atomic E-state index is -1.47. The lowest BCUT2D eigenvalue weighted by Gasteiger charge is -2.44. The van der Waals surface area contributed by atoms with E-state index in [9.17, 15) is 29.4 Å². The molecule has 2 saturated heterocycles. The Labute approximate surface area is 377 Å². The van der Waals surface area contributed by atoms with Crippen LogP contribution in [-0.2, 0) is 33.3 Å². The second-order valence-electron chi connectivity index (χ2n) is 17.2. The van der Waals surface area contributed by atoms with Crippen LogP contribution in [0.5, 0.6) is 5.75 Å². The van der Waals surface area contributed by atoms with Gasteiger partial charge in [-0.25, -0.2) is 4.79 Å². The first-order chi connectivity index (χ1) is 29.7. The van der Waals surface area contributed by atoms with Crippen LogP contribution in [-0.4, -0.2) is 158 Å². The molecular formula is C46H76N5O11P. The van der Waals surface area contributed by atoms with E-state index in [1.807, 2.05) is 58.3 Å². The van der Waals surface area contributed by atoms with Crippen LogP contribution in [0.1, 0.15) is 86.1 Å². The average Bonchev–Trinajstić information content (AvgIpc) is 3.24. The predicted octanol–water partition coefficient (Wildman–Crippen LogP) is 5.56. The van der Waals surface area contributed by atoms with Crippen molar-refractivity contribution in [1.82, 2.24) is 19.7 Å². The van der Waals surface area contributed by atoms with E-state index in [1.165, 1.54) is 11.8 Å². The van der Waals surface area contributed by atoms with Gasteiger partial charge in [0.25, 0.3) is 0 Å². The van der Waals surface area contributed by atoms with Gasteiger partial charge in [-0.1, -0.05) is 40.5 Å². The second-order valence-corrected chi connectivity index (χ2v) is 19.6. The lowest BCUT2D eigenvalue weighted by atomic mass is 9.79. The summed E-state index contributed by atoms with van der Waals surface area (Å²) in [4.78, 5) is 64.9. The lowest BCUT2D eigenvalue weighted by molar-refractivity contribution is -0.278. The third-order valence-corrected chi connectivity index (χ3v) is 15.0. The fourth-order valence-electron chi connectivity index (χ4n) is 8.62. The number of hydrogen-bond donors (Lipinski definition) is 3. The number of Topliss-reactive ketones (excluding diaryl/α,β-unsaturated/α-hetero) is 2. The van der Waals surface area contributed by atoms with Gasteiger partial charge < -0.3 is 54.3 Å². The number of carbonyl (C=O) groups is 4. The molecule has 63 heavy (non-hydrogen) atoms. The number of nitrogens with two attached hydrogens (primary N) is 1. The van der Waals surface area contributed by atoms with Crippen LogP contribution in [0.3, 0.4) is 0 Å². The Hall–Kier alpha value is -3.84. The number of aliphatic hydroxyl groups excluding tert-OH is 1. The van der Waals surface area contributed by atoms with E-state index in [1.54, 1.807) is 59.8 Å². The Bertz CT molecular complexity index is 1690. The summed E-state index contributed by atoms with van der Waals surface area (Å²) >= 11 is 0. The summed E-state index contributed by atoms with van der Waals surface area (Å²) in [6.07, 6.45) is 8.55. The topological polar surface area (TPSA) is 204 Å². The molecule has 0 radical (unpaired) electrons. The summed E-state index contributed by atoms with van der Waals surface area (Å²) in [5.74, 6) is -3.25. The number of likely N-dealkylation sites (N-methyl/N-ethyl adjacent to an activating group) is 1. The van der Waals surface area contributed by atoms with Crippen molar-refractivity contribution >= 4 is 37.2 Å². The number of aliphatic hydroxyl groups is 1. The van der Waals surface area contributed by atoms with E-state index in [0.717, 1.165) is 0 Å². The van der Waals surface area contributed by atoms with Crippen LogP contribution >= 0.6 is 7.92 Å². The quantitative estimate of drug-likeness (QED) is 0.0688. The molecule has 16 nitrogen and oxygen atoms in total. The summed E-state index contributed by atoms with van der Waals surface area (Å²) in [7, 11) is 7.07. The number of rotatable bonds is 14. The van der Waals surface area contributed by atoms with Crippen molar-refractivity contribution in [2.75, 3.05) is 61.7 Å². The maximum atomic E-state index is 14.5. The zero-order valence-electron chi connectivity index (χ0n) is 39.9. The highest BCUT2D eigenvalue weighted by Crippen LogP contribution is 2.50. The zero-order valence-corrected chi connectivity index (χ0v) is 40.7. The highest BCUT2D eigenvalue weighted by Gasteiger charge is 2.46. The largest absolute Gasteiger partial charge is 0.496 e. The first-order valence-corrected chi connectivity index (χ1v) is 23.8. The van der Waals surface area contributed by atoms with E-state index >= 15 is 0 Å². The van der Waals surface area contributed by atoms with Gasteiger partial charge in [-0.2, -0.15) is 0 Å². The van der Waals surface area contributed by atoms with Crippen LogP contribution in [0.2, 0.25) is 0 Å². The normalized spacial score (nSPS) is 31.2. The molecule has 0 spiro atoms. The SMILES string of the molecule is C#CCN(/C=C(\N)c1cnccc1OC)CCCCN(C(=O)O)[C@@H]1[C@@H](C)C(=O)[C@H](C)C[C@H](C)[C@H](O[C@@H]2O[C@H](C)C[C@H](N(C)C)[C@H]2O)[C@@H](C)C(=O)[C@@H](C)C(=O)O[C@H](CC)[P@@]1C.COC. The van der Waals surface area contributed by atoms with E-state index < -0.39 is 85.5 Å². The number of nitrogens with zero attached hydrogens (tertiary/aromatic N) is 4. The number of terminal acetylenes is 1. The molecule has 0 saturated carbocycles. The molecule has 17 heteroatoms. The van der Waals surface area contributed by atoms with Crippen molar-refractivity contribution in [1.29, 1.82) is 0 Å². The highest BCUT2D eigenvalue weighted by atomic mass is 31.1. The average molecular weight is 906 g/mol. The summed E-state index contributed by atoms with van der Waals surface area (Å²) in [5, 5.41) is 22.1. The van der Waals surface area contributed by atoms with Gasteiger partial charge in [0.2, 0.25) is 0 Å². The zero-order chi connectivity index (χ0) is 47.7.